The molecule has 3 heterocycles. The van der Waals surface area contributed by atoms with Crippen molar-refractivity contribution in [2.45, 2.75) is 38.6 Å². The summed E-state index contributed by atoms with van der Waals surface area (Å²) < 4.78 is 31.2. The molecule has 2 saturated heterocycles. The topological polar surface area (TPSA) is 101 Å². The molecular weight excluding hydrogens is 565 g/mol. The number of carboxylic acid groups (broad SMARTS) is 1. The van der Waals surface area contributed by atoms with Crippen LogP contribution in [0.2, 0.25) is 0 Å². The van der Waals surface area contributed by atoms with Gasteiger partial charge < -0.3 is 29.5 Å². The van der Waals surface area contributed by atoms with Crippen LogP contribution in [0.4, 0.5) is 15.8 Å². The van der Waals surface area contributed by atoms with Gasteiger partial charge in [-0.05, 0) is 59.4 Å². The molecule has 232 valence electrons. The van der Waals surface area contributed by atoms with E-state index in [0.717, 1.165) is 54.0 Å². The number of carbonyl (C=O) groups is 2. The summed E-state index contributed by atoms with van der Waals surface area (Å²) >= 11 is 0. The Labute approximate surface area is 256 Å². The van der Waals surface area contributed by atoms with Crippen molar-refractivity contribution < 1.29 is 33.3 Å². The van der Waals surface area contributed by atoms with Crippen LogP contribution in [0, 0.1) is 11.7 Å². The monoisotopic (exact) mass is 603 g/mol. The summed E-state index contributed by atoms with van der Waals surface area (Å²) in [6.07, 6.45) is 1.54. The SMILES string of the molecule is CCc1cccc(CC)c1NC(=O)CN1C[C@H](c2cc(F)c3c(c2)OCO3)C(C(=O)O)[C@@H]1c1ccc(N2CCOCC2)cc1. The molecule has 2 N–H and O–H groups in total. The smallest absolute Gasteiger partial charge is 0.309 e. The van der Waals surface area contributed by atoms with Gasteiger partial charge >= 0.3 is 5.97 Å². The lowest BCUT2D eigenvalue weighted by Crippen LogP contribution is -2.36. The number of aryl methyl sites for hydroxylation is 2. The summed E-state index contributed by atoms with van der Waals surface area (Å²) in [7, 11) is 0. The highest BCUT2D eigenvalue weighted by molar-refractivity contribution is 5.94. The quantitative estimate of drug-likeness (QED) is 0.353. The van der Waals surface area contributed by atoms with Crippen molar-refractivity contribution in [2.75, 3.05) is 56.4 Å². The molecule has 0 saturated carbocycles. The van der Waals surface area contributed by atoms with Crippen molar-refractivity contribution in [3.05, 3.63) is 82.7 Å². The minimum atomic E-state index is -1.01. The largest absolute Gasteiger partial charge is 0.481 e. The lowest BCUT2D eigenvalue weighted by atomic mass is 9.82. The van der Waals surface area contributed by atoms with E-state index in [-0.39, 0.29) is 37.3 Å². The standard InChI is InChI=1S/C34H38FN3O6/c1-3-21-6-5-7-22(4-2)31(21)36-29(39)19-38-18-26(24-16-27(35)33-28(17-24)43-20-44-33)30(34(40)41)32(38)23-8-10-25(11-9-23)37-12-14-42-15-13-37/h5-11,16-17,26,30,32H,3-4,12-15,18-20H2,1-2H3,(H,36,39)(H,40,41)/t26-,30?,32+/m1/s1. The molecular formula is C34H38FN3O6. The molecule has 9 nitrogen and oxygen atoms in total. The summed E-state index contributed by atoms with van der Waals surface area (Å²) in [4.78, 5) is 30.8. The number of carboxylic acids is 1. The minimum absolute atomic E-state index is 0.0234. The van der Waals surface area contributed by atoms with E-state index in [1.165, 1.54) is 6.07 Å². The number of aliphatic carboxylic acids is 1. The van der Waals surface area contributed by atoms with Crippen LogP contribution in [-0.4, -0.2) is 68.1 Å². The van der Waals surface area contributed by atoms with Crippen molar-refractivity contribution in [2.24, 2.45) is 5.92 Å². The van der Waals surface area contributed by atoms with E-state index in [2.05, 4.69) is 10.2 Å². The molecule has 0 spiro atoms. The molecule has 3 aliphatic heterocycles. The first kappa shape index (κ1) is 29.9. The van der Waals surface area contributed by atoms with Crippen molar-refractivity contribution in [1.82, 2.24) is 4.90 Å². The van der Waals surface area contributed by atoms with Gasteiger partial charge in [-0.15, -0.1) is 0 Å². The number of rotatable bonds is 9. The van der Waals surface area contributed by atoms with E-state index in [9.17, 15) is 14.7 Å². The number of fused-ring (bicyclic) bond motifs is 1. The Bertz CT molecular complexity index is 1500. The number of likely N-dealkylation sites (tertiary alicyclic amines) is 1. The number of ether oxygens (including phenoxy) is 3. The van der Waals surface area contributed by atoms with Gasteiger partial charge in [0.15, 0.2) is 11.6 Å². The average Bonchev–Trinajstić information content (AvgIpc) is 3.67. The number of morpholine rings is 1. The fourth-order valence-corrected chi connectivity index (χ4v) is 6.80. The number of halogens is 1. The number of nitrogens with zero attached hydrogens (tertiary/aromatic N) is 2. The second-order valence-electron chi connectivity index (χ2n) is 11.5. The van der Waals surface area contributed by atoms with Gasteiger partial charge in [-0.1, -0.05) is 44.2 Å². The maximum absolute atomic E-state index is 15.0. The third kappa shape index (κ3) is 5.84. The first-order chi connectivity index (χ1) is 21.4. The van der Waals surface area contributed by atoms with E-state index in [1.807, 2.05) is 61.2 Å². The van der Waals surface area contributed by atoms with Crippen LogP contribution in [0.25, 0.3) is 0 Å². The Hall–Kier alpha value is -4.15. The molecule has 0 bridgehead atoms. The summed E-state index contributed by atoms with van der Waals surface area (Å²) in [6.45, 7) is 7.10. The van der Waals surface area contributed by atoms with Crippen molar-refractivity contribution in [3.63, 3.8) is 0 Å². The highest BCUT2D eigenvalue weighted by atomic mass is 19.1. The predicted octanol–water partition coefficient (Wildman–Crippen LogP) is 5.00. The van der Waals surface area contributed by atoms with Crippen molar-refractivity contribution in [1.29, 1.82) is 0 Å². The second-order valence-corrected chi connectivity index (χ2v) is 11.5. The molecule has 1 unspecified atom stereocenters. The molecule has 10 heteroatoms. The normalized spacial score (nSPS) is 21.4. The van der Waals surface area contributed by atoms with E-state index in [4.69, 9.17) is 14.2 Å². The molecule has 3 atom stereocenters. The first-order valence-corrected chi connectivity index (χ1v) is 15.3. The van der Waals surface area contributed by atoms with Gasteiger partial charge in [0.25, 0.3) is 0 Å². The highest BCUT2D eigenvalue weighted by Crippen LogP contribution is 2.48. The molecule has 3 aliphatic rings. The molecule has 0 aliphatic carbocycles. The Balaban J connectivity index is 1.34. The lowest BCUT2D eigenvalue weighted by Gasteiger charge is -2.30. The predicted molar refractivity (Wildman–Crippen MR) is 164 cm³/mol. The molecule has 44 heavy (non-hydrogen) atoms. The number of benzene rings is 3. The maximum atomic E-state index is 15.0. The Morgan fingerprint density at radius 3 is 2.34 bits per heavy atom. The van der Waals surface area contributed by atoms with Crippen LogP contribution in [0.5, 0.6) is 11.5 Å². The third-order valence-electron chi connectivity index (χ3n) is 8.98. The Kier molecular flexibility index (Phi) is 8.72. The number of hydrogen-bond donors (Lipinski definition) is 2. The van der Waals surface area contributed by atoms with Crippen LogP contribution in [0.3, 0.4) is 0 Å². The van der Waals surface area contributed by atoms with Gasteiger partial charge in [0.2, 0.25) is 18.4 Å². The van der Waals surface area contributed by atoms with Gasteiger partial charge in [-0.3, -0.25) is 14.5 Å². The number of para-hydroxylation sites is 1. The number of nitrogens with one attached hydrogen (secondary N) is 1. The van der Waals surface area contributed by atoms with E-state index >= 15 is 4.39 Å². The fraction of sp³-hybridized carbons (Fsp3) is 0.412. The van der Waals surface area contributed by atoms with Crippen LogP contribution in [0.15, 0.2) is 54.6 Å². The van der Waals surface area contributed by atoms with E-state index < -0.39 is 29.7 Å². The zero-order valence-electron chi connectivity index (χ0n) is 25.1. The van der Waals surface area contributed by atoms with Gasteiger partial charge in [-0.25, -0.2) is 4.39 Å². The van der Waals surface area contributed by atoms with Crippen molar-refractivity contribution >= 4 is 23.3 Å². The number of amides is 1. The summed E-state index contributed by atoms with van der Waals surface area (Å²) in [5.41, 5.74) is 5.23. The van der Waals surface area contributed by atoms with Crippen molar-refractivity contribution in [3.8, 4) is 11.5 Å². The zero-order chi connectivity index (χ0) is 30.8. The molecule has 1 amide bonds. The van der Waals surface area contributed by atoms with Crippen LogP contribution in [0.1, 0.15) is 48.1 Å². The summed E-state index contributed by atoms with van der Waals surface area (Å²) in [6, 6.07) is 16.3. The third-order valence-corrected chi connectivity index (χ3v) is 8.98. The summed E-state index contributed by atoms with van der Waals surface area (Å²) in [5.74, 6) is -3.07. The summed E-state index contributed by atoms with van der Waals surface area (Å²) in [5, 5.41) is 13.8. The molecule has 3 aromatic rings. The number of hydrogen-bond acceptors (Lipinski definition) is 7. The van der Waals surface area contributed by atoms with Gasteiger partial charge in [0.05, 0.1) is 25.7 Å². The van der Waals surface area contributed by atoms with Crippen LogP contribution in [-0.2, 0) is 27.2 Å². The second kappa shape index (κ2) is 12.8. The van der Waals surface area contributed by atoms with E-state index in [0.29, 0.717) is 18.8 Å². The Morgan fingerprint density at radius 2 is 1.68 bits per heavy atom. The first-order valence-electron chi connectivity index (χ1n) is 15.3. The average molecular weight is 604 g/mol. The molecule has 0 radical (unpaired) electrons. The highest BCUT2D eigenvalue weighted by Gasteiger charge is 2.48. The van der Waals surface area contributed by atoms with Crippen LogP contribution < -0.4 is 19.7 Å². The Morgan fingerprint density at radius 1 is 0.977 bits per heavy atom. The fourth-order valence-electron chi connectivity index (χ4n) is 6.80. The van der Waals surface area contributed by atoms with E-state index in [1.54, 1.807) is 6.07 Å². The molecule has 3 aromatic carbocycles. The maximum Gasteiger partial charge on any atom is 0.309 e. The van der Waals surface area contributed by atoms with Gasteiger partial charge in [-0.2, -0.15) is 0 Å². The lowest BCUT2D eigenvalue weighted by molar-refractivity contribution is -0.143. The molecule has 0 aromatic heterocycles. The molecule has 2 fully saturated rings. The van der Waals surface area contributed by atoms with Gasteiger partial charge in [0.1, 0.15) is 0 Å². The minimum Gasteiger partial charge on any atom is -0.481 e. The van der Waals surface area contributed by atoms with Gasteiger partial charge in [0, 0.05) is 43.0 Å². The molecule has 6 rings (SSSR count). The number of carbonyl (C=O) groups excluding carboxylic acids is 1. The number of anilines is 2. The zero-order valence-corrected chi connectivity index (χ0v) is 25.1. The van der Waals surface area contributed by atoms with Crippen LogP contribution >= 0.6 is 0 Å².